The van der Waals surface area contributed by atoms with Crippen molar-refractivity contribution in [2.75, 3.05) is 44.2 Å². The van der Waals surface area contributed by atoms with Gasteiger partial charge in [-0.2, -0.15) is 4.31 Å². The maximum Gasteiger partial charge on any atom is 0.243 e. The Balaban J connectivity index is 1.71. The molecule has 0 radical (unpaired) electrons. The summed E-state index contributed by atoms with van der Waals surface area (Å²) < 4.78 is 27.2. The van der Waals surface area contributed by atoms with Gasteiger partial charge in [0.05, 0.1) is 4.90 Å². The molecule has 3 rings (SSSR count). The summed E-state index contributed by atoms with van der Waals surface area (Å²) in [6.45, 7) is 9.29. The lowest BCUT2D eigenvalue weighted by Gasteiger charge is -2.25. The molecule has 1 fully saturated rings. The van der Waals surface area contributed by atoms with Gasteiger partial charge in [-0.1, -0.05) is 26.7 Å². The minimum atomic E-state index is -3.60. The molecule has 2 aliphatic heterocycles. The zero-order valence-corrected chi connectivity index (χ0v) is 20.3. The largest absolute Gasteiger partial charge is 0.353 e. The monoisotopic (exact) mass is 464 g/mol. The van der Waals surface area contributed by atoms with Crippen LogP contribution in [-0.2, 0) is 26.0 Å². The van der Waals surface area contributed by atoms with E-state index in [2.05, 4.69) is 10.2 Å². The number of anilines is 1. The van der Waals surface area contributed by atoms with Gasteiger partial charge in [-0.05, 0) is 49.7 Å². The fraction of sp³-hybridized carbons (Fsp3) is 0.652. The molecule has 0 aromatic heterocycles. The summed E-state index contributed by atoms with van der Waals surface area (Å²) >= 11 is 0. The Bertz CT molecular complexity index is 922. The van der Waals surface area contributed by atoms with E-state index in [1.165, 1.54) is 47.9 Å². The van der Waals surface area contributed by atoms with E-state index in [0.29, 0.717) is 37.3 Å². The molecule has 2 aliphatic rings. The van der Waals surface area contributed by atoms with E-state index in [9.17, 15) is 18.0 Å². The quantitative estimate of drug-likeness (QED) is 0.635. The molecule has 1 saturated heterocycles. The number of hydrogen-bond donors (Lipinski definition) is 1. The Morgan fingerprint density at radius 3 is 2.34 bits per heavy atom. The Kier molecular flexibility index (Phi) is 8.30. The Hall–Kier alpha value is -1.97. The van der Waals surface area contributed by atoms with Gasteiger partial charge in [-0.25, -0.2) is 8.42 Å². The van der Waals surface area contributed by atoms with E-state index in [0.717, 1.165) is 19.6 Å². The summed E-state index contributed by atoms with van der Waals surface area (Å²) in [5.74, 6) is -0.421. The maximum absolute atomic E-state index is 13.0. The van der Waals surface area contributed by atoms with Crippen LogP contribution in [0.5, 0.6) is 0 Å². The number of likely N-dealkylation sites (tertiary alicyclic amines) is 1. The molecule has 1 aromatic carbocycles. The minimum absolute atomic E-state index is 0.195. The van der Waals surface area contributed by atoms with Crippen molar-refractivity contribution in [1.82, 2.24) is 14.5 Å². The number of benzene rings is 1. The fourth-order valence-corrected chi connectivity index (χ4v) is 6.22. The average molecular weight is 465 g/mol. The van der Waals surface area contributed by atoms with Crippen LogP contribution < -0.4 is 10.2 Å². The summed E-state index contributed by atoms with van der Waals surface area (Å²) in [7, 11) is -3.60. The molecule has 1 atom stereocenters. The molecular weight excluding hydrogens is 428 g/mol. The highest BCUT2D eigenvalue weighted by Gasteiger charge is 2.38. The number of amides is 2. The summed E-state index contributed by atoms with van der Waals surface area (Å²) in [5, 5.41) is 2.99. The van der Waals surface area contributed by atoms with Crippen LogP contribution in [0.1, 0.15) is 52.0 Å². The summed E-state index contributed by atoms with van der Waals surface area (Å²) in [6, 6.07) is 4.14. The van der Waals surface area contributed by atoms with E-state index < -0.39 is 16.1 Å². The summed E-state index contributed by atoms with van der Waals surface area (Å²) in [6.07, 6.45) is 5.24. The third kappa shape index (κ3) is 5.32. The standard InChI is InChI=1S/C23H36N4O4S/c1-4-26(5-2)32(30,31)20-10-11-21-19(16-20)17-22(27(21)18(3)28)23(29)24-12-15-25-13-8-6-7-9-14-25/h10-11,16,22H,4-9,12-15,17H2,1-3H3,(H,24,29)/t22-/m0/s1. The molecule has 2 heterocycles. The predicted molar refractivity (Wildman–Crippen MR) is 125 cm³/mol. The van der Waals surface area contributed by atoms with Gasteiger partial charge in [0.2, 0.25) is 21.8 Å². The average Bonchev–Trinajstić information content (AvgIpc) is 2.96. The second kappa shape index (κ2) is 10.8. The van der Waals surface area contributed by atoms with Crippen LogP contribution in [0.15, 0.2) is 23.1 Å². The third-order valence-corrected chi connectivity index (χ3v) is 8.49. The molecule has 0 aliphatic carbocycles. The lowest BCUT2D eigenvalue weighted by atomic mass is 10.1. The van der Waals surface area contributed by atoms with Crippen LogP contribution in [0.2, 0.25) is 0 Å². The number of nitrogens with one attached hydrogen (secondary N) is 1. The van der Waals surface area contributed by atoms with Crippen LogP contribution >= 0.6 is 0 Å². The molecule has 1 N–H and O–H groups in total. The van der Waals surface area contributed by atoms with Crippen LogP contribution in [-0.4, -0.2) is 74.7 Å². The Morgan fingerprint density at radius 1 is 1.09 bits per heavy atom. The van der Waals surface area contributed by atoms with Crippen LogP contribution in [0, 0.1) is 0 Å². The van der Waals surface area contributed by atoms with E-state index in [1.54, 1.807) is 26.0 Å². The Morgan fingerprint density at radius 2 is 1.75 bits per heavy atom. The van der Waals surface area contributed by atoms with Gasteiger partial charge in [0.25, 0.3) is 0 Å². The molecule has 2 amide bonds. The summed E-state index contributed by atoms with van der Waals surface area (Å²) in [4.78, 5) is 29.4. The number of carbonyl (C=O) groups excluding carboxylic acids is 2. The van der Waals surface area contributed by atoms with Gasteiger partial charge in [-0.3, -0.25) is 14.5 Å². The van der Waals surface area contributed by atoms with Crippen molar-refractivity contribution in [1.29, 1.82) is 0 Å². The highest BCUT2D eigenvalue weighted by atomic mass is 32.2. The number of nitrogens with zero attached hydrogens (tertiary/aromatic N) is 3. The topological polar surface area (TPSA) is 90.0 Å². The van der Waals surface area contributed by atoms with Gasteiger partial charge in [0, 0.05) is 45.2 Å². The van der Waals surface area contributed by atoms with E-state index >= 15 is 0 Å². The van der Waals surface area contributed by atoms with Crippen LogP contribution in [0.4, 0.5) is 5.69 Å². The van der Waals surface area contributed by atoms with Crippen molar-refractivity contribution >= 4 is 27.5 Å². The lowest BCUT2D eigenvalue weighted by Crippen LogP contribution is -2.48. The Labute approximate surface area is 192 Å². The number of carbonyl (C=O) groups is 2. The number of rotatable bonds is 8. The van der Waals surface area contributed by atoms with Crippen LogP contribution in [0.3, 0.4) is 0 Å². The van der Waals surface area contributed by atoms with Crippen LogP contribution in [0.25, 0.3) is 0 Å². The first-order chi connectivity index (χ1) is 15.3. The first-order valence-electron chi connectivity index (χ1n) is 11.7. The zero-order chi connectivity index (χ0) is 23.3. The molecule has 0 unspecified atom stereocenters. The minimum Gasteiger partial charge on any atom is -0.353 e. The molecular formula is C23H36N4O4S. The predicted octanol–water partition coefficient (Wildman–Crippen LogP) is 1.99. The van der Waals surface area contributed by atoms with E-state index in [4.69, 9.17) is 0 Å². The molecule has 9 heteroatoms. The van der Waals surface area contributed by atoms with Crippen molar-refractivity contribution in [3.63, 3.8) is 0 Å². The highest BCUT2D eigenvalue weighted by molar-refractivity contribution is 7.89. The molecule has 0 saturated carbocycles. The second-order valence-corrected chi connectivity index (χ2v) is 10.5. The smallest absolute Gasteiger partial charge is 0.243 e. The molecule has 1 aromatic rings. The SMILES string of the molecule is CCN(CC)S(=O)(=O)c1ccc2c(c1)C[C@@H](C(=O)NCCN1CCCCCC1)N2C(C)=O. The normalized spacial score (nSPS) is 19.6. The second-order valence-electron chi connectivity index (χ2n) is 8.54. The molecule has 178 valence electrons. The molecule has 0 spiro atoms. The van der Waals surface area contributed by atoms with Crippen molar-refractivity contribution in [3.8, 4) is 0 Å². The van der Waals surface area contributed by atoms with Gasteiger partial charge in [-0.15, -0.1) is 0 Å². The maximum atomic E-state index is 13.0. The zero-order valence-electron chi connectivity index (χ0n) is 19.5. The van der Waals surface area contributed by atoms with Crippen molar-refractivity contribution in [3.05, 3.63) is 23.8 Å². The molecule has 8 nitrogen and oxygen atoms in total. The number of hydrogen-bond acceptors (Lipinski definition) is 5. The fourth-order valence-electron chi connectivity index (χ4n) is 4.71. The lowest BCUT2D eigenvalue weighted by molar-refractivity contribution is -0.125. The van der Waals surface area contributed by atoms with Gasteiger partial charge in [0.1, 0.15) is 6.04 Å². The summed E-state index contributed by atoms with van der Waals surface area (Å²) in [5.41, 5.74) is 1.32. The molecule has 32 heavy (non-hydrogen) atoms. The number of sulfonamides is 1. The van der Waals surface area contributed by atoms with Crippen molar-refractivity contribution in [2.45, 2.75) is 63.8 Å². The van der Waals surface area contributed by atoms with Crippen molar-refractivity contribution in [2.24, 2.45) is 0 Å². The first kappa shape index (κ1) is 24.7. The number of fused-ring (bicyclic) bond motifs is 1. The molecule has 0 bridgehead atoms. The highest BCUT2D eigenvalue weighted by Crippen LogP contribution is 2.34. The van der Waals surface area contributed by atoms with Gasteiger partial charge in [0.15, 0.2) is 0 Å². The van der Waals surface area contributed by atoms with Gasteiger partial charge >= 0.3 is 0 Å². The van der Waals surface area contributed by atoms with E-state index in [-0.39, 0.29) is 16.7 Å². The van der Waals surface area contributed by atoms with Crippen molar-refractivity contribution < 1.29 is 18.0 Å². The third-order valence-electron chi connectivity index (χ3n) is 6.45. The van der Waals surface area contributed by atoms with Gasteiger partial charge < -0.3 is 10.2 Å². The first-order valence-corrected chi connectivity index (χ1v) is 13.2. The van der Waals surface area contributed by atoms with E-state index in [1.807, 2.05) is 0 Å².